The van der Waals surface area contributed by atoms with Gasteiger partial charge in [0.1, 0.15) is 0 Å². The third-order valence-electron chi connectivity index (χ3n) is 5.13. The molecule has 0 aromatic carbocycles. The molecule has 0 aromatic heterocycles. The van der Waals surface area contributed by atoms with Crippen molar-refractivity contribution in [2.75, 3.05) is 13.7 Å². The van der Waals surface area contributed by atoms with Crippen molar-refractivity contribution >= 4 is 0 Å². The van der Waals surface area contributed by atoms with Gasteiger partial charge in [0.2, 0.25) is 0 Å². The Morgan fingerprint density at radius 1 is 1.28 bits per heavy atom. The van der Waals surface area contributed by atoms with Crippen LogP contribution in [0.5, 0.6) is 0 Å². The molecule has 2 rings (SSSR count). The fourth-order valence-electron chi connectivity index (χ4n) is 3.62. The molecular weight excluding hydrogens is 226 g/mol. The third-order valence-corrected chi connectivity index (χ3v) is 5.13. The smallest absolute Gasteiger partial charge is 0.0775 e. The summed E-state index contributed by atoms with van der Waals surface area (Å²) in [5, 5.41) is 0. The molecule has 0 amide bonds. The van der Waals surface area contributed by atoms with E-state index in [0.29, 0.717) is 5.92 Å². The van der Waals surface area contributed by atoms with Crippen LogP contribution in [0, 0.1) is 5.92 Å². The van der Waals surface area contributed by atoms with E-state index in [2.05, 4.69) is 13.8 Å². The summed E-state index contributed by atoms with van der Waals surface area (Å²) in [7, 11) is 1.76. The van der Waals surface area contributed by atoms with Gasteiger partial charge >= 0.3 is 0 Å². The summed E-state index contributed by atoms with van der Waals surface area (Å²) in [5.74, 6) is 0.534. The highest BCUT2D eigenvalue weighted by molar-refractivity contribution is 4.96. The van der Waals surface area contributed by atoms with Crippen LogP contribution in [0.15, 0.2) is 0 Å². The Labute approximate surface area is 111 Å². The zero-order chi connectivity index (χ0) is 13.2. The van der Waals surface area contributed by atoms with Crippen molar-refractivity contribution in [2.45, 2.75) is 76.0 Å². The average Bonchev–Trinajstić information content (AvgIpc) is 2.39. The molecule has 1 aliphatic carbocycles. The molecule has 0 radical (unpaired) electrons. The second kappa shape index (κ2) is 5.48. The Bertz CT molecular complexity index is 266. The summed E-state index contributed by atoms with van der Waals surface area (Å²) in [6.45, 7) is 5.07. The lowest BCUT2D eigenvalue weighted by atomic mass is 9.72. The minimum absolute atomic E-state index is 0.102. The highest BCUT2D eigenvalue weighted by atomic mass is 16.5. The number of hydrogen-bond donors (Lipinski definition) is 1. The lowest BCUT2D eigenvalue weighted by Crippen LogP contribution is -2.54. The molecule has 2 fully saturated rings. The van der Waals surface area contributed by atoms with E-state index in [1.165, 1.54) is 32.1 Å². The second-order valence-corrected chi connectivity index (χ2v) is 6.68. The maximum absolute atomic E-state index is 6.45. The molecule has 0 aromatic rings. The Morgan fingerprint density at radius 2 is 1.94 bits per heavy atom. The maximum atomic E-state index is 6.45. The SMILES string of the molecule is COC(C)(C)C(N)C1CCOC2(CCCCC2)C1. The molecule has 0 bridgehead atoms. The highest BCUT2D eigenvalue weighted by Gasteiger charge is 2.43. The maximum Gasteiger partial charge on any atom is 0.0775 e. The van der Waals surface area contributed by atoms with Crippen LogP contribution in [0.2, 0.25) is 0 Å². The van der Waals surface area contributed by atoms with Crippen molar-refractivity contribution in [1.29, 1.82) is 0 Å². The van der Waals surface area contributed by atoms with E-state index in [1.54, 1.807) is 7.11 Å². The van der Waals surface area contributed by atoms with Crippen LogP contribution < -0.4 is 5.73 Å². The number of rotatable bonds is 3. The Kier molecular flexibility index (Phi) is 4.35. The monoisotopic (exact) mass is 255 g/mol. The van der Waals surface area contributed by atoms with Crippen molar-refractivity contribution in [3.05, 3.63) is 0 Å². The van der Waals surface area contributed by atoms with E-state index in [9.17, 15) is 0 Å². The first-order valence-corrected chi connectivity index (χ1v) is 7.44. The van der Waals surface area contributed by atoms with E-state index < -0.39 is 0 Å². The van der Waals surface area contributed by atoms with Gasteiger partial charge in [0.15, 0.2) is 0 Å². The quantitative estimate of drug-likeness (QED) is 0.843. The first-order chi connectivity index (χ1) is 8.49. The van der Waals surface area contributed by atoms with Gasteiger partial charge in [-0.2, -0.15) is 0 Å². The molecule has 106 valence electrons. The molecule has 1 aliphatic heterocycles. The summed E-state index contributed by atoms with van der Waals surface area (Å²) in [6.07, 6.45) is 8.65. The molecule has 1 saturated carbocycles. The van der Waals surface area contributed by atoms with E-state index in [-0.39, 0.29) is 17.2 Å². The topological polar surface area (TPSA) is 44.5 Å². The van der Waals surface area contributed by atoms with Crippen LogP contribution in [0.4, 0.5) is 0 Å². The van der Waals surface area contributed by atoms with Gasteiger partial charge in [-0.1, -0.05) is 19.3 Å². The van der Waals surface area contributed by atoms with Crippen LogP contribution in [-0.4, -0.2) is 31.0 Å². The van der Waals surface area contributed by atoms with E-state index >= 15 is 0 Å². The van der Waals surface area contributed by atoms with Gasteiger partial charge in [-0.25, -0.2) is 0 Å². The third kappa shape index (κ3) is 2.89. The van der Waals surface area contributed by atoms with Crippen molar-refractivity contribution in [3.8, 4) is 0 Å². The fourth-order valence-corrected chi connectivity index (χ4v) is 3.62. The molecule has 2 unspecified atom stereocenters. The van der Waals surface area contributed by atoms with Crippen LogP contribution in [-0.2, 0) is 9.47 Å². The summed E-state index contributed by atoms with van der Waals surface area (Å²) >= 11 is 0. The van der Waals surface area contributed by atoms with Gasteiger partial charge in [-0.3, -0.25) is 0 Å². The molecule has 2 aliphatic rings. The van der Waals surface area contributed by atoms with Gasteiger partial charge in [0.05, 0.1) is 11.2 Å². The predicted octanol–water partition coefficient (Wildman–Crippen LogP) is 2.87. The molecule has 3 heteroatoms. The number of nitrogens with two attached hydrogens (primary N) is 1. The molecular formula is C15H29NO2. The van der Waals surface area contributed by atoms with Crippen molar-refractivity contribution in [1.82, 2.24) is 0 Å². The Hall–Kier alpha value is -0.120. The van der Waals surface area contributed by atoms with Gasteiger partial charge in [0.25, 0.3) is 0 Å². The van der Waals surface area contributed by atoms with Crippen LogP contribution in [0.25, 0.3) is 0 Å². The molecule has 2 N–H and O–H groups in total. The number of hydrogen-bond acceptors (Lipinski definition) is 3. The average molecular weight is 255 g/mol. The Morgan fingerprint density at radius 3 is 2.56 bits per heavy atom. The fraction of sp³-hybridized carbons (Fsp3) is 1.00. The van der Waals surface area contributed by atoms with E-state index in [4.69, 9.17) is 15.2 Å². The largest absolute Gasteiger partial charge is 0.377 e. The molecule has 3 nitrogen and oxygen atoms in total. The first kappa shape index (κ1) is 14.3. The summed E-state index contributed by atoms with van der Waals surface area (Å²) in [4.78, 5) is 0. The molecule has 18 heavy (non-hydrogen) atoms. The second-order valence-electron chi connectivity index (χ2n) is 6.68. The minimum atomic E-state index is -0.238. The number of methoxy groups -OCH3 is 1. The van der Waals surface area contributed by atoms with Gasteiger partial charge < -0.3 is 15.2 Å². The Balaban J connectivity index is 2.02. The van der Waals surface area contributed by atoms with E-state index in [0.717, 1.165) is 19.4 Å². The normalized spacial score (nSPS) is 30.3. The van der Waals surface area contributed by atoms with Crippen molar-refractivity contribution in [2.24, 2.45) is 11.7 Å². The molecule has 1 saturated heterocycles. The van der Waals surface area contributed by atoms with Crippen LogP contribution in [0.3, 0.4) is 0 Å². The zero-order valence-electron chi connectivity index (χ0n) is 12.2. The van der Waals surface area contributed by atoms with Gasteiger partial charge in [-0.15, -0.1) is 0 Å². The standard InChI is InChI=1S/C15H29NO2/c1-14(2,17-3)13(16)12-7-10-18-15(11-12)8-5-4-6-9-15/h12-13H,4-11,16H2,1-3H3. The summed E-state index contributed by atoms with van der Waals surface area (Å²) in [5.41, 5.74) is 6.35. The first-order valence-electron chi connectivity index (χ1n) is 7.44. The zero-order valence-corrected chi connectivity index (χ0v) is 12.2. The number of ether oxygens (including phenoxy) is 2. The van der Waals surface area contributed by atoms with Crippen LogP contribution >= 0.6 is 0 Å². The van der Waals surface area contributed by atoms with Gasteiger partial charge in [-0.05, 0) is 45.4 Å². The summed E-state index contributed by atoms with van der Waals surface area (Å²) < 4.78 is 11.7. The highest BCUT2D eigenvalue weighted by Crippen LogP contribution is 2.42. The lowest BCUT2D eigenvalue weighted by molar-refractivity contribution is -0.132. The molecule has 2 atom stereocenters. The van der Waals surface area contributed by atoms with Crippen molar-refractivity contribution < 1.29 is 9.47 Å². The summed E-state index contributed by atoms with van der Waals surface area (Å²) in [6, 6.07) is 0.102. The lowest BCUT2D eigenvalue weighted by Gasteiger charge is -2.47. The van der Waals surface area contributed by atoms with Gasteiger partial charge in [0, 0.05) is 19.8 Å². The molecule has 1 heterocycles. The molecule has 1 spiro atoms. The minimum Gasteiger partial charge on any atom is -0.377 e. The van der Waals surface area contributed by atoms with Crippen LogP contribution in [0.1, 0.15) is 58.8 Å². The van der Waals surface area contributed by atoms with E-state index in [1.807, 2.05) is 0 Å². The predicted molar refractivity (Wildman–Crippen MR) is 73.6 cm³/mol. The van der Waals surface area contributed by atoms with Crippen molar-refractivity contribution in [3.63, 3.8) is 0 Å².